The topological polar surface area (TPSA) is 106 Å². The number of carbonyl (C=O) groups excluding carboxylic acids is 1. The molecule has 3 aromatic heterocycles. The van der Waals surface area contributed by atoms with Gasteiger partial charge in [-0.05, 0) is 44.9 Å². The second-order valence-corrected chi connectivity index (χ2v) is 8.67. The summed E-state index contributed by atoms with van der Waals surface area (Å²) >= 11 is 0. The number of anilines is 2. The van der Waals surface area contributed by atoms with E-state index in [4.69, 9.17) is 15.7 Å². The van der Waals surface area contributed by atoms with Crippen LogP contribution < -0.4 is 15.5 Å². The Hall–Kier alpha value is -3.33. The molecular weight excluding hydrogens is 416 g/mol. The van der Waals surface area contributed by atoms with E-state index < -0.39 is 0 Å². The van der Waals surface area contributed by atoms with Crippen molar-refractivity contribution in [3.8, 4) is 11.5 Å². The summed E-state index contributed by atoms with van der Waals surface area (Å²) in [5.74, 6) is 1.94. The van der Waals surface area contributed by atoms with E-state index in [1.54, 1.807) is 11.2 Å². The molecule has 1 aliphatic heterocycles. The summed E-state index contributed by atoms with van der Waals surface area (Å²) in [6, 6.07) is 8.07. The quantitative estimate of drug-likeness (QED) is 0.561. The molecule has 4 heterocycles. The molecule has 9 nitrogen and oxygen atoms in total. The molecule has 0 unspecified atom stereocenters. The minimum atomic E-state index is -0.0911. The van der Waals surface area contributed by atoms with Crippen LogP contribution in [-0.2, 0) is 13.1 Å². The average molecular weight is 449 g/mol. The maximum Gasteiger partial charge on any atom is 0.260 e. The normalized spacial score (nSPS) is 13.3. The van der Waals surface area contributed by atoms with E-state index >= 15 is 0 Å². The van der Waals surface area contributed by atoms with E-state index in [-0.39, 0.29) is 18.5 Å². The summed E-state index contributed by atoms with van der Waals surface area (Å²) in [6.45, 7) is 9.14. The molecule has 9 heteroatoms. The number of rotatable bonds is 8. The van der Waals surface area contributed by atoms with Gasteiger partial charge in [0, 0.05) is 31.2 Å². The smallest absolute Gasteiger partial charge is 0.260 e. The lowest BCUT2D eigenvalue weighted by molar-refractivity contribution is 0.0996. The Morgan fingerprint density at radius 2 is 1.94 bits per heavy atom. The van der Waals surface area contributed by atoms with Crippen LogP contribution in [0.2, 0.25) is 0 Å². The fourth-order valence-corrected chi connectivity index (χ4v) is 4.22. The van der Waals surface area contributed by atoms with Crippen molar-refractivity contribution in [3.05, 3.63) is 47.4 Å². The lowest BCUT2D eigenvalue weighted by Crippen LogP contribution is -2.27. The number of fused-ring (bicyclic) bond motifs is 1. The predicted octanol–water partition coefficient (Wildman–Crippen LogP) is 3.56. The molecule has 0 fully saturated rings. The number of hydrogen-bond donors (Lipinski definition) is 1. The van der Waals surface area contributed by atoms with Crippen molar-refractivity contribution in [2.75, 3.05) is 16.8 Å². The van der Waals surface area contributed by atoms with Gasteiger partial charge in [0.1, 0.15) is 23.7 Å². The molecule has 2 N–H and O–H groups in total. The number of amides is 1. The standard InChI is InChI=1S/C24H32N8O/c1-6-16(7-2)32-14-26-29-23(32)19-9-8-10-21(27-19)31-13-18-17(24(31)33)11-22(28-20(18)12-25)30(5)15(3)4/h8-11,14-16H,6-7,12-13,25H2,1-5H3. The second kappa shape index (κ2) is 9.27. The first-order chi connectivity index (χ1) is 15.9. The number of hydrogen-bond acceptors (Lipinski definition) is 7. The molecule has 1 amide bonds. The summed E-state index contributed by atoms with van der Waals surface area (Å²) in [4.78, 5) is 26.7. The van der Waals surface area contributed by atoms with Crippen LogP contribution in [0.25, 0.3) is 11.5 Å². The molecule has 0 aromatic carbocycles. The van der Waals surface area contributed by atoms with Crippen molar-refractivity contribution in [3.63, 3.8) is 0 Å². The van der Waals surface area contributed by atoms with Crippen LogP contribution in [0.1, 0.15) is 68.2 Å². The number of carbonyl (C=O) groups is 1. The van der Waals surface area contributed by atoms with Crippen molar-refractivity contribution < 1.29 is 4.79 Å². The third kappa shape index (κ3) is 4.08. The van der Waals surface area contributed by atoms with Crippen molar-refractivity contribution in [1.82, 2.24) is 24.7 Å². The maximum atomic E-state index is 13.4. The van der Waals surface area contributed by atoms with Gasteiger partial charge in [-0.25, -0.2) is 9.97 Å². The Kier molecular flexibility index (Phi) is 6.42. The summed E-state index contributed by atoms with van der Waals surface area (Å²) in [7, 11) is 1.97. The Morgan fingerprint density at radius 3 is 2.61 bits per heavy atom. The molecule has 33 heavy (non-hydrogen) atoms. The van der Waals surface area contributed by atoms with E-state index in [2.05, 4.69) is 42.5 Å². The van der Waals surface area contributed by atoms with Crippen LogP contribution >= 0.6 is 0 Å². The van der Waals surface area contributed by atoms with Gasteiger partial charge in [-0.15, -0.1) is 10.2 Å². The van der Waals surface area contributed by atoms with Gasteiger partial charge in [-0.1, -0.05) is 19.9 Å². The minimum Gasteiger partial charge on any atom is -0.357 e. The molecule has 0 bridgehead atoms. The fourth-order valence-electron chi connectivity index (χ4n) is 4.22. The highest BCUT2D eigenvalue weighted by Gasteiger charge is 2.33. The van der Waals surface area contributed by atoms with Crippen LogP contribution in [0.3, 0.4) is 0 Å². The van der Waals surface area contributed by atoms with Crippen molar-refractivity contribution in [1.29, 1.82) is 0 Å². The molecule has 174 valence electrons. The number of nitrogens with two attached hydrogens (primary N) is 1. The molecule has 0 saturated carbocycles. The van der Waals surface area contributed by atoms with Crippen LogP contribution in [0.4, 0.5) is 11.6 Å². The SMILES string of the molecule is CCC(CC)n1cnnc1-c1cccc(N2Cc3c(cc(N(C)C(C)C)nc3CN)C2=O)n1. The van der Waals surface area contributed by atoms with Gasteiger partial charge in [-0.2, -0.15) is 0 Å². The van der Waals surface area contributed by atoms with E-state index in [1.807, 2.05) is 36.2 Å². The van der Waals surface area contributed by atoms with E-state index in [9.17, 15) is 4.79 Å². The second-order valence-electron chi connectivity index (χ2n) is 8.67. The predicted molar refractivity (Wildman–Crippen MR) is 129 cm³/mol. The minimum absolute atomic E-state index is 0.0911. The average Bonchev–Trinajstić information content (AvgIpc) is 3.44. The zero-order chi connectivity index (χ0) is 23.7. The molecule has 3 aromatic rings. The molecule has 0 radical (unpaired) electrons. The lowest BCUT2D eigenvalue weighted by Gasteiger charge is -2.23. The Morgan fingerprint density at radius 1 is 1.18 bits per heavy atom. The number of nitrogens with zero attached hydrogens (tertiary/aromatic N) is 7. The summed E-state index contributed by atoms with van der Waals surface area (Å²) in [6.07, 6.45) is 3.70. The fraction of sp³-hybridized carbons (Fsp3) is 0.458. The van der Waals surface area contributed by atoms with Gasteiger partial charge in [-0.3, -0.25) is 9.69 Å². The van der Waals surface area contributed by atoms with Crippen molar-refractivity contribution in [2.45, 2.75) is 65.7 Å². The van der Waals surface area contributed by atoms with Gasteiger partial charge in [0.15, 0.2) is 5.82 Å². The van der Waals surface area contributed by atoms with Gasteiger partial charge < -0.3 is 15.2 Å². The van der Waals surface area contributed by atoms with Gasteiger partial charge in [0.05, 0.1) is 17.8 Å². The molecule has 0 atom stereocenters. The zero-order valence-corrected chi connectivity index (χ0v) is 20.0. The number of aromatic nitrogens is 5. The molecule has 0 saturated heterocycles. The van der Waals surface area contributed by atoms with Crippen LogP contribution in [0.15, 0.2) is 30.6 Å². The highest BCUT2D eigenvalue weighted by atomic mass is 16.2. The highest BCUT2D eigenvalue weighted by Crippen LogP contribution is 2.33. The van der Waals surface area contributed by atoms with Crippen molar-refractivity contribution in [2.24, 2.45) is 5.73 Å². The van der Waals surface area contributed by atoms with Crippen molar-refractivity contribution >= 4 is 17.5 Å². The summed E-state index contributed by atoms with van der Waals surface area (Å²) in [5, 5.41) is 8.44. The first kappa shape index (κ1) is 22.8. The maximum absolute atomic E-state index is 13.4. The molecule has 4 rings (SSSR count). The van der Waals surface area contributed by atoms with E-state index in [0.29, 0.717) is 35.5 Å². The van der Waals surface area contributed by atoms with Crippen LogP contribution in [0.5, 0.6) is 0 Å². The third-order valence-electron chi connectivity index (χ3n) is 6.47. The Balaban J connectivity index is 1.70. The van der Waals surface area contributed by atoms with E-state index in [0.717, 1.165) is 29.9 Å². The monoisotopic (exact) mass is 448 g/mol. The third-order valence-corrected chi connectivity index (χ3v) is 6.47. The zero-order valence-electron chi connectivity index (χ0n) is 20.0. The number of pyridine rings is 2. The molecule has 1 aliphatic rings. The van der Waals surface area contributed by atoms with Crippen LogP contribution in [-0.4, -0.2) is 43.7 Å². The molecule has 0 aliphatic carbocycles. The van der Waals surface area contributed by atoms with Gasteiger partial charge in [0.2, 0.25) is 0 Å². The first-order valence-corrected chi connectivity index (χ1v) is 11.5. The molecule has 0 spiro atoms. The summed E-state index contributed by atoms with van der Waals surface area (Å²) < 4.78 is 2.07. The Bertz CT molecular complexity index is 1150. The highest BCUT2D eigenvalue weighted by molar-refractivity contribution is 6.10. The van der Waals surface area contributed by atoms with E-state index in [1.165, 1.54) is 0 Å². The summed E-state index contributed by atoms with van der Waals surface area (Å²) in [5.41, 5.74) is 8.96. The lowest BCUT2D eigenvalue weighted by atomic mass is 10.1. The largest absolute Gasteiger partial charge is 0.357 e. The van der Waals surface area contributed by atoms with Gasteiger partial charge >= 0.3 is 0 Å². The first-order valence-electron chi connectivity index (χ1n) is 11.5. The van der Waals surface area contributed by atoms with Gasteiger partial charge in [0.25, 0.3) is 5.91 Å². The Labute approximate surface area is 194 Å². The van der Waals surface area contributed by atoms with Crippen LogP contribution in [0, 0.1) is 0 Å². The molecular formula is C24H32N8O.